The van der Waals surface area contributed by atoms with Crippen LogP contribution in [0.2, 0.25) is 30.1 Å². The van der Waals surface area contributed by atoms with Crippen LogP contribution in [0.1, 0.15) is 40.6 Å². The number of rotatable bonds is 9. The molecule has 2 nitrogen and oxygen atoms in total. The summed E-state index contributed by atoms with van der Waals surface area (Å²) in [5, 5.41) is 3.95. The first-order valence-electron chi connectivity index (χ1n) is 12.7. The summed E-state index contributed by atoms with van der Waals surface area (Å²) in [5.41, 5.74) is 4.32. The first-order chi connectivity index (χ1) is 19.3. The molecule has 5 aromatic rings. The Morgan fingerprint density at radius 3 is 1.75 bits per heavy atom. The summed E-state index contributed by atoms with van der Waals surface area (Å²) in [6.45, 7) is 0.716. The molecule has 0 aliphatic rings. The fourth-order valence-electron chi connectivity index (χ4n) is 4.98. The highest BCUT2D eigenvalue weighted by atomic mass is 35.5. The summed E-state index contributed by atoms with van der Waals surface area (Å²) < 4.78 is 4.39. The van der Waals surface area contributed by atoms with E-state index in [1.54, 1.807) is 12.1 Å². The van der Waals surface area contributed by atoms with Crippen LogP contribution in [-0.2, 0) is 13.0 Å². The third-order valence-corrected chi connectivity index (χ3v) is 8.65. The van der Waals surface area contributed by atoms with Crippen molar-refractivity contribution in [3.05, 3.63) is 156 Å². The molecule has 1 heterocycles. The van der Waals surface area contributed by atoms with Gasteiger partial charge in [-0.1, -0.05) is 106 Å². The Labute approximate surface area is 264 Å². The second kappa shape index (κ2) is 13.2. The van der Waals surface area contributed by atoms with E-state index in [9.17, 15) is 0 Å². The molecule has 0 aliphatic carbocycles. The molecular formula is C32H25Cl6N2+. The Bertz CT molecular complexity index is 1550. The highest BCUT2D eigenvalue weighted by Crippen LogP contribution is 2.33. The average molecular weight is 650 g/mol. The minimum absolute atomic E-state index is 0.0544. The van der Waals surface area contributed by atoms with E-state index in [1.807, 2.05) is 48.5 Å². The average Bonchev–Trinajstić information content (AvgIpc) is 3.38. The topological polar surface area (TPSA) is 8.81 Å². The monoisotopic (exact) mass is 647 g/mol. The van der Waals surface area contributed by atoms with Crippen LogP contribution in [0.4, 0.5) is 0 Å². The molecule has 0 amide bonds. The van der Waals surface area contributed by atoms with Gasteiger partial charge in [-0.05, 0) is 72.5 Å². The molecule has 0 N–H and O–H groups in total. The Balaban J connectivity index is 1.46. The smallest absolute Gasteiger partial charge is 0.236 e. The molecule has 40 heavy (non-hydrogen) atoms. The van der Waals surface area contributed by atoms with Gasteiger partial charge in [0, 0.05) is 47.2 Å². The molecule has 0 spiro atoms. The number of halogens is 6. The summed E-state index contributed by atoms with van der Waals surface area (Å²) in [7, 11) is 0. The van der Waals surface area contributed by atoms with E-state index in [1.165, 1.54) is 0 Å². The third kappa shape index (κ3) is 7.18. The Morgan fingerprint density at radius 2 is 1.18 bits per heavy atom. The van der Waals surface area contributed by atoms with Gasteiger partial charge in [0.25, 0.3) is 0 Å². The zero-order valence-corrected chi connectivity index (χ0v) is 25.8. The van der Waals surface area contributed by atoms with E-state index in [-0.39, 0.29) is 12.0 Å². The molecule has 1 aromatic heterocycles. The molecule has 204 valence electrons. The Kier molecular flexibility index (Phi) is 9.68. The molecule has 0 saturated carbocycles. The van der Waals surface area contributed by atoms with Crippen LogP contribution < -0.4 is 4.57 Å². The molecule has 0 saturated heterocycles. The minimum atomic E-state index is -0.0544. The second-order valence-corrected chi connectivity index (χ2v) is 12.3. The highest BCUT2D eigenvalue weighted by Gasteiger charge is 2.24. The normalized spacial score (nSPS) is 12.2. The van der Waals surface area contributed by atoms with E-state index < -0.39 is 0 Å². The van der Waals surface area contributed by atoms with Crippen LogP contribution in [0, 0.1) is 0 Å². The Hall–Kier alpha value is -2.17. The van der Waals surface area contributed by atoms with Crippen molar-refractivity contribution in [2.75, 3.05) is 0 Å². The number of benzene rings is 4. The fraction of sp³-hybridized carbons (Fsp3) is 0.156. The molecule has 4 aromatic carbocycles. The minimum Gasteiger partial charge on any atom is -0.236 e. The maximum Gasteiger partial charge on any atom is 0.244 e. The van der Waals surface area contributed by atoms with Gasteiger partial charge < -0.3 is 0 Å². The lowest BCUT2D eigenvalue weighted by Crippen LogP contribution is -2.35. The second-order valence-electron chi connectivity index (χ2n) is 9.70. The van der Waals surface area contributed by atoms with Crippen LogP contribution in [0.25, 0.3) is 0 Å². The summed E-state index contributed by atoms with van der Waals surface area (Å²) in [6, 6.07) is 27.2. The predicted octanol–water partition coefficient (Wildman–Crippen LogP) is 10.8. The van der Waals surface area contributed by atoms with E-state index in [0.717, 1.165) is 35.1 Å². The largest absolute Gasteiger partial charge is 0.244 e. The fourth-order valence-corrected chi connectivity index (χ4v) is 6.30. The quantitative estimate of drug-likeness (QED) is 0.141. The van der Waals surface area contributed by atoms with Crippen LogP contribution in [-0.4, -0.2) is 4.57 Å². The molecule has 0 aliphatic heterocycles. The van der Waals surface area contributed by atoms with Crippen LogP contribution >= 0.6 is 69.6 Å². The lowest BCUT2D eigenvalue weighted by Gasteiger charge is -2.18. The molecule has 0 radical (unpaired) electrons. The number of aryl methyl sites for hydroxylation is 1. The lowest BCUT2D eigenvalue weighted by atomic mass is 9.92. The first kappa shape index (κ1) is 29.3. The Morgan fingerprint density at radius 1 is 0.625 bits per heavy atom. The number of aromatic nitrogens is 2. The maximum absolute atomic E-state index is 6.70. The van der Waals surface area contributed by atoms with Crippen molar-refractivity contribution in [2.24, 2.45) is 0 Å². The van der Waals surface area contributed by atoms with E-state index in [0.29, 0.717) is 36.7 Å². The molecular weight excluding hydrogens is 625 g/mol. The summed E-state index contributed by atoms with van der Waals surface area (Å²) in [5.74, 6) is 0.113. The van der Waals surface area contributed by atoms with Crippen molar-refractivity contribution < 1.29 is 4.57 Å². The zero-order valence-electron chi connectivity index (χ0n) is 21.3. The van der Waals surface area contributed by atoms with Gasteiger partial charge in [-0.15, -0.1) is 0 Å². The number of imidazole rings is 1. The highest BCUT2D eigenvalue weighted by molar-refractivity contribution is 6.35. The van der Waals surface area contributed by atoms with E-state index in [4.69, 9.17) is 69.6 Å². The van der Waals surface area contributed by atoms with Crippen molar-refractivity contribution in [1.82, 2.24) is 4.57 Å². The van der Waals surface area contributed by atoms with Crippen molar-refractivity contribution in [1.29, 1.82) is 0 Å². The van der Waals surface area contributed by atoms with Gasteiger partial charge in [0.1, 0.15) is 12.4 Å². The van der Waals surface area contributed by atoms with Crippen LogP contribution in [0.15, 0.2) is 104 Å². The third-order valence-electron chi connectivity index (χ3n) is 6.99. The van der Waals surface area contributed by atoms with Gasteiger partial charge in [0.15, 0.2) is 6.04 Å². The maximum atomic E-state index is 6.70. The van der Waals surface area contributed by atoms with Crippen LogP contribution in [0.3, 0.4) is 0 Å². The van der Waals surface area contributed by atoms with Gasteiger partial charge in [-0.25, -0.2) is 9.13 Å². The predicted molar refractivity (Wildman–Crippen MR) is 169 cm³/mol. The number of hydrogen-bond donors (Lipinski definition) is 0. The molecule has 0 fully saturated rings. The molecule has 8 heteroatoms. The molecule has 1 atom stereocenters. The van der Waals surface area contributed by atoms with E-state index in [2.05, 4.69) is 52.1 Å². The van der Waals surface area contributed by atoms with Gasteiger partial charge in [-0.3, -0.25) is 0 Å². The number of nitrogens with zero attached hydrogens (tertiary/aromatic N) is 2. The van der Waals surface area contributed by atoms with Crippen molar-refractivity contribution in [2.45, 2.75) is 31.3 Å². The standard InChI is InChI=1S/C32H25Cl6N2/c33-25-8-4-22(5-9-25)32(23-6-10-26(34)11-7-23)40-16-15-39(20-40)19-24(29-14-13-28(36)18-31(29)38)2-1-21-3-12-27(35)17-30(21)37/h3-18,20,24,32H,1-2,19H2/q+1. The molecule has 5 rings (SSSR count). The summed E-state index contributed by atoms with van der Waals surface area (Å²) in [6.07, 6.45) is 7.91. The first-order valence-corrected chi connectivity index (χ1v) is 15.0. The van der Waals surface area contributed by atoms with Gasteiger partial charge in [0.05, 0.1) is 6.54 Å². The van der Waals surface area contributed by atoms with Gasteiger partial charge >= 0.3 is 0 Å². The van der Waals surface area contributed by atoms with Gasteiger partial charge in [0.2, 0.25) is 6.33 Å². The van der Waals surface area contributed by atoms with E-state index >= 15 is 0 Å². The van der Waals surface area contributed by atoms with Gasteiger partial charge in [-0.2, -0.15) is 0 Å². The van der Waals surface area contributed by atoms with Crippen LogP contribution in [0.5, 0.6) is 0 Å². The number of hydrogen-bond acceptors (Lipinski definition) is 0. The molecule has 0 bridgehead atoms. The summed E-state index contributed by atoms with van der Waals surface area (Å²) in [4.78, 5) is 0. The van der Waals surface area contributed by atoms with Crippen molar-refractivity contribution in [3.8, 4) is 0 Å². The van der Waals surface area contributed by atoms with Crippen molar-refractivity contribution in [3.63, 3.8) is 0 Å². The summed E-state index contributed by atoms with van der Waals surface area (Å²) >= 11 is 37.9. The zero-order chi connectivity index (χ0) is 28.2. The lowest BCUT2D eigenvalue weighted by molar-refractivity contribution is -0.699. The SMILES string of the molecule is Clc1ccc(C(c2ccc(Cl)cc2)n2cc[n+](CC(CCc3ccc(Cl)cc3Cl)c3ccc(Cl)cc3Cl)c2)cc1. The van der Waals surface area contributed by atoms with Crippen molar-refractivity contribution >= 4 is 69.6 Å². The molecule has 1 unspecified atom stereocenters.